The first-order valence-electron chi connectivity index (χ1n) is 18.9. The van der Waals surface area contributed by atoms with Crippen molar-refractivity contribution in [2.24, 2.45) is 28.6 Å². The predicted octanol–water partition coefficient (Wildman–Crippen LogP) is 4.49. The molecule has 6 atom stereocenters. The number of hydrogen-bond acceptors (Lipinski definition) is 8. The van der Waals surface area contributed by atoms with Crippen molar-refractivity contribution in [3.8, 4) is 0 Å². The van der Waals surface area contributed by atoms with Gasteiger partial charge in [-0.05, 0) is 68.3 Å². The molecule has 1 saturated carbocycles. The molecule has 1 aromatic carbocycles. The third-order valence-electron chi connectivity index (χ3n) is 9.94. The summed E-state index contributed by atoms with van der Waals surface area (Å²) >= 11 is 0. The Morgan fingerprint density at radius 2 is 1.51 bits per heavy atom. The number of nitrogens with one attached hydrogen (secondary N) is 4. The second-order valence-electron chi connectivity index (χ2n) is 17.9. The van der Waals surface area contributed by atoms with Gasteiger partial charge >= 0.3 is 6.09 Å². The maximum atomic E-state index is 14.3. The number of likely N-dealkylation sites (tertiary alicyclic amines) is 1. The number of alkyl halides is 2. The van der Waals surface area contributed by atoms with Gasteiger partial charge in [0.05, 0.1) is 12.6 Å². The van der Waals surface area contributed by atoms with E-state index in [-0.39, 0.29) is 29.6 Å². The second-order valence-corrected chi connectivity index (χ2v) is 17.9. The first kappa shape index (κ1) is 45.0. The van der Waals surface area contributed by atoms with Gasteiger partial charge < -0.3 is 30.9 Å². The van der Waals surface area contributed by atoms with Crippen molar-refractivity contribution in [3.63, 3.8) is 0 Å². The van der Waals surface area contributed by atoms with E-state index in [0.717, 1.165) is 0 Å². The summed E-state index contributed by atoms with van der Waals surface area (Å²) in [5.74, 6) is -5.83. The SMILES string of the molecule is CC(C)C(=O)[C@@H](NC(=O)CNC(=O)C(=O)C(CCC(F)F)NC(=O)[C@@H]1[C@H]2CC(C)(C)C[C@H]2CN1C(=O)[C@@H](NC(=O)OC(C)(C)C)C(C)(C)C)c1ccccc1. The molecular weight excluding hydrogens is 716 g/mol. The van der Waals surface area contributed by atoms with Crippen LogP contribution in [0.4, 0.5) is 13.6 Å². The molecule has 1 unspecified atom stereocenters. The van der Waals surface area contributed by atoms with Crippen LogP contribution in [-0.4, -0.2) is 89.4 Å². The lowest BCUT2D eigenvalue weighted by atomic mass is 9.84. The van der Waals surface area contributed by atoms with Crippen molar-refractivity contribution in [2.45, 2.75) is 131 Å². The molecule has 1 aliphatic heterocycles. The smallest absolute Gasteiger partial charge is 0.408 e. The number of ketones is 2. The van der Waals surface area contributed by atoms with Gasteiger partial charge in [0.2, 0.25) is 29.9 Å². The van der Waals surface area contributed by atoms with Crippen molar-refractivity contribution in [3.05, 3.63) is 35.9 Å². The van der Waals surface area contributed by atoms with Crippen LogP contribution in [0.5, 0.6) is 0 Å². The van der Waals surface area contributed by atoms with Crippen LogP contribution in [0.25, 0.3) is 0 Å². The Kier molecular flexibility index (Phi) is 14.7. The van der Waals surface area contributed by atoms with E-state index < -0.39 is 102 Å². The Bertz CT molecular complexity index is 1590. The van der Waals surface area contributed by atoms with Crippen LogP contribution in [0.1, 0.15) is 107 Å². The van der Waals surface area contributed by atoms with Gasteiger partial charge in [-0.2, -0.15) is 0 Å². The molecule has 1 heterocycles. The topological polar surface area (TPSA) is 180 Å². The van der Waals surface area contributed by atoms with E-state index in [2.05, 4.69) is 21.3 Å². The summed E-state index contributed by atoms with van der Waals surface area (Å²) in [7, 11) is 0. The van der Waals surface area contributed by atoms with Crippen molar-refractivity contribution < 1.29 is 47.1 Å². The van der Waals surface area contributed by atoms with Gasteiger partial charge in [0.1, 0.15) is 23.7 Å². The molecule has 15 heteroatoms. The largest absolute Gasteiger partial charge is 0.444 e. The molecule has 55 heavy (non-hydrogen) atoms. The third kappa shape index (κ3) is 12.5. The van der Waals surface area contributed by atoms with Crippen LogP contribution in [0.3, 0.4) is 0 Å². The lowest BCUT2D eigenvalue weighted by molar-refractivity contribution is -0.145. The van der Waals surface area contributed by atoms with Crippen LogP contribution >= 0.6 is 0 Å². The standard InChI is InChI=1S/C40H59F2N5O8/c1-22(2)31(49)29(23-14-12-11-13-15-23)45-28(48)20-43-35(52)32(50)26(16-17-27(41)42)44-34(51)30-25-19-40(9,10)18-24(25)21-47(30)36(53)33(38(3,4)5)46-37(54)55-39(6,7)8/h11-15,22,24-27,29-30,33H,16-21H2,1-10H3,(H,43,52)(H,44,51)(H,45,48)(H,46,54)/t24-,25-,26?,29-,30-,33+/m0/s1. The fraction of sp³-hybridized carbons (Fsp3) is 0.675. The molecule has 2 fully saturated rings. The Morgan fingerprint density at radius 1 is 0.891 bits per heavy atom. The number of halogens is 2. The van der Waals surface area contributed by atoms with Crippen LogP contribution in [0, 0.1) is 28.6 Å². The van der Waals surface area contributed by atoms with Gasteiger partial charge in [-0.1, -0.05) is 78.8 Å². The Morgan fingerprint density at radius 3 is 2.05 bits per heavy atom. The molecule has 0 aromatic heterocycles. The zero-order chi connectivity index (χ0) is 41.6. The van der Waals surface area contributed by atoms with E-state index in [4.69, 9.17) is 4.74 Å². The van der Waals surface area contributed by atoms with Crippen LogP contribution in [0.2, 0.25) is 0 Å². The van der Waals surface area contributed by atoms with E-state index in [9.17, 15) is 42.3 Å². The second kappa shape index (κ2) is 18.0. The van der Waals surface area contributed by atoms with Gasteiger partial charge in [0.25, 0.3) is 5.91 Å². The number of carbonyl (C=O) groups is 7. The van der Waals surface area contributed by atoms with E-state index in [1.807, 2.05) is 13.8 Å². The number of carbonyl (C=O) groups excluding carboxylic acids is 7. The number of amides is 5. The molecule has 4 N–H and O–H groups in total. The minimum absolute atomic E-state index is 0.101. The zero-order valence-electron chi connectivity index (χ0n) is 33.7. The number of ether oxygens (including phenoxy) is 1. The van der Waals surface area contributed by atoms with Gasteiger partial charge in [-0.3, -0.25) is 28.8 Å². The fourth-order valence-electron chi connectivity index (χ4n) is 7.45. The molecule has 0 bridgehead atoms. The van der Waals surface area contributed by atoms with E-state index in [1.165, 1.54) is 4.90 Å². The number of hydrogen-bond donors (Lipinski definition) is 4. The van der Waals surface area contributed by atoms with E-state index in [1.54, 1.807) is 85.7 Å². The minimum atomic E-state index is -2.86. The minimum Gasteiger partial charge on any atom is -0.444 e. The molecule has 1 saturated heterocycles. The molecular formula is C40H59F2N5O8. The predicted molar refractivity (Wildman–Crippen MR) is 200 cm³/mol. The van der Waals surface area contributed by atoms with Crippen molar-refractivity contribution in [1.82, 2.24) is 26.2 Å². The maximum absolute atomic E-state index is 14.3. The number of fused-ring (bicyclic) bond motifs is 1. The molecule has 3 rings (SSSR count). The molecule has 5 amide bonds. The summed E-state index contributed by atoms with van der Waals surface area (Å²) in [4.78, 5) is 95.2. The molecule has 1 aromatic rings. The first-order valence-corrected chi connectivity index (χ1v) is 18.9. The van der Waals surface area contributed by atoms with Gasteiger partial charge in [0, 0.05) is 18.9 Å². The summed E-state index contributed by atoms with van der Waals surface area (Å²) in [5, 5.41) is 9.94. The van der Waals surface area contributed by atoms with Crippen LogP contribution in [0.15, 0.2) is 30.3 Å². The highest BCUT2D eigenvalue weighted by Crippen LogP contribution is 2.51. The highest BCUT2D eigenvalue weighted by Gasteiger charge is 2.56. The Balaban J connectivity index is 1.83. The monoisotopic (exact) mass is 775 g/mol. The van der Waals surface area contributed by atoms with Gasteiger partial charge in [0.15, 0.2) is 5.78 Å². The summed E-state index contributed by atoms with van der Waals surface area (Å²) in [6.45, 7) is 17.2. The van der Waals surface area contributed by atoms with Gasteiger partial charge in [-0.15, -0.1) is 0 Å². The number of rotatable bonds is 15. The fourth-order valence-corrected chi connectivity index (χ4v) is 7.45. The maximum Gasteiger partial charge on any atom is 0.408 e. The summed E-state index contributed by atoms with van der Waals surface area (Å²) in [5.41, 5.74) is -1.32. The highest BCUT2D eigenvalue weighted by molar-refractivity contribution is 6.38. The van der Waals surface area contributed by atoms with Crippen molar-refractivity contribution in [2.75, 3.05) is 13.1 Å². The van der Waals surface area contributed by atoms with E-state index in [0.29, 0.717) is 18.4 Å². The van der Waals surface area contributed by atoms with Crippen LogP contribution < -0.4 is 21.3 Å². The molecule has 13 nitrogen and oxygen atoms in total. The van der Waals surface area contributed by atoms with Crippen molar-refractivity contribution in [1.29, 1.82) is 0 Å². The molecule has 2 aliphatic rings. The average molecular weight is 776 g/mol. The summed E-state index contributed by atoms with van der Waals surface area (Å²) in [6, 6.07) is 3.52. The van der Waals surface area contributed by atoms with E-state index >= 15 is 0 Å². The summed E-state index contributed by atoms with van der Waals surface area (Å²) in [6.07, 6.45) is -3.84. The first-order chi connectivity index (χ1) is 25.3. The Labute approximate surface area is 322 Å². The van der Waals surface area contributed by atoms with Gasteiger partial charge in [-0.25, -0.2) is 13.6 Å². The van der Waals surface area contributed by atoms with Crippen molar-refractivity contribution >= 4 is 41.3 Å². The number of alkyl carbamates (subject to hydrolysis) is 1. The Hall–Kier alpha value is -4.43. The molecule has 0 radical (unpaired) electrons. The molecule has 306 valence electrons. The summed E-state index contributed by atoms with van der Waals surface area (Å²) < 4.78 is 32.4. The lowest BCUT2D eigenvalue weighted by Crippen LogP contribution is -2.60. The number of Topliss-reactive ketones (excluding diaryl/α,β-unsaturated/α-hetero) is 2. The quantitative estimate of drug-likeness (QED) is 0.188. The average Bonchev–Trinajstić information content (AvgIpc) is 3.56. The molecule has 0 spiro atoms. The normalized spacial score (nSPS) is 20.9. The molecule has 1 aliphatic carbocycles. The number of benzene rings is 1. The zero-order valence-corrected chi connectivity index (χ0v) is 33.7. The highest BCUT2D eigenvalue weighted by atomic mass is 19.3. The lowest BCUT2D eigenvalue weighted by Gasteiger charge is -2.37. The number of nitrogens with zero attached hydrogens (tertiary/aromatic N) is 1. The third-order valence-corrected chi connectivity index (χ3v) is 9.94. The van der Waals surface area contributed by atoms with Crippen LogP contribution in [-0.2, 0) is 33.5 Å².